The van der Waals surface area contributed by atoms with Gasteiger partial charge in [-0.1, -0.05) is 30.1 Å². The van der Waals surface area contributed by atoms with E-state index in [1.54, 1.807) is 6.92 Å². The fourth-order valence-corrected chi connectivity index (χ4v) is 6.20. The number of hydrogen-bond donors (Lipinski definition) is 0. The summed E-state index contributed by atoms with van der Waals surface area (Å²) in [5.74, 6) is 0.428. The first-order chi connectivity index (χ1) is 12.3. The van der Waals surface area contributed by atoms with E-state index in [0.717, 1.165) is 29.3 Å². The molecule has 0 atom stereocenters. The molecule has 0 fully saturated rings. The zero-order valence-corrected chi connectivity index (χ0v) is 18.1. The minimum Gasteiger partial charge on any atom is -0.279 e. The van der Waals surface area contributed by atoms with Gasteiger partial charge in [0, 0.05) is 6.54 Å². The van der Waals surface area contributed by atoms with Crippen molar-refractivity contribution in [3.05, 3.63) is 38.5 Å². The van der Waals surface area contributed by atoms with Gasteiger partial charge in [-0.05, 0) is 25.5 Å². The molecule has 0 aliphatic heterocycles. The van der Waals surface area contributed by atoms with Gasteiger partial charge < -0.3 is 0 Å². The highest BCUT2D eigenvalue weighted by Crippen LogP contribution is 2.35. The minimum atomic E-state index is -4.23. The number of aromatic nitrogens is 3. The second kappa shape index (κ2) is 7.46. The van der Waals surface area contributed by atoms with Gasteiger partial charge in [-0.2, -0.15) is 13.5 Å². The Labute approximate surface area is 167 Å². The molecule has 9 nitrogen and oxygen atoms in total. The van der Waals surface area contributed by atoms with Gasteiger partial charge in [0.05, 0.1) is 33.9 Å². The van der Waals surface area contributed by atoms with Crippen LogP contribution in [0.1, 0.15) is 19.2 Å². The lowest BCUT2D eigenvalue weighted by Crippen LogP contribution is -2.35. The second-order valence-electron chi connectivity index (χ2n) is 5.87. The summed E-state index contributed by atoms with van der Waals surface area (Å²) in [4.78, 5) is 12.6. The van der Waals surface area contributed by atoms with Crippen LogP contribution in [0.3, 0.4) is 0 Å². The van der Waals surface area contributed by atoms with Gasteiger partial charge in [0.25, 0.3) is 0 Å². The summed E-state index contributed by atoms with van der Waals surface area (Å²) in [5, 5.41) is 3.93. The first-order valence-corrected chi connectivity index (χ1v) is 12.1. The summed E-state index contributed by atoms with van der Waals surface area (Å²) < 4.78 is 50.8. The molecule has 0 saturated carbocycles. The van der Waals surface area contributed by atoms with Gasteiger partial charge in [0.15, 0.2) is 0 Å². The van der Waals surface area contributed by atoms with E-state index < -0.39 is 25.7 Å². The molecule has 1 aromatic heterocycles. The highest BCUT2D eigenvalue weighted by molar-refractivity contribution is 8.09. The van der Waals surface area contributed by atoms with Crippen LogP contribution in [-0.2, 0) is 26.6 Å². The third-order valence-corrected chi connectivity index (χ3v) is 7.37. The highest BCUT2D eigenvalue weighted by atomic mass is 35.5. The molecule has 2 rings (SSSR count). The topological polar surface area (TPSA) is 111 Å². The molecule has 13 heteroatoms. The van der Waals surface area contributed by atoms with Crippen LogP contribution in [0.2, 0.25) is 10.0 Å². The molecule has 0 amide bonds. The van der Waals surface area contributed by atoms with Crippen LogP contribution in [0.25, 0.3) is 5.69 Å². The van der Waals surface area contributed by atoms with Crippen LogP contribution in [0.15, 0.2) is 16.9 Å². The Balaban J connectivity index is 2.82. The van der Waals surface area contributed by atoms with Crippen LogP contribution in [0, 0.1) is 6.92 Å². The Kier molecular flexibility index (Phi) is 6.00. The van der Waals surface area contributed by atoms with E-state index in [1.165, 1.54) is 4.57 Å². The minimum absolute atomic E-state index is 0.00829. The van der Waals surface area contributed by atoms with E-state index in [4.69, 9.17) is 23.2 Å². The quantitative estimate of drug-likeness (QED) is 0.654. The number of hydrogen-bond acceptors (Lipinski definition) is 6. The van der Waals surface area contributed by atoms with Crippen molar-refractivity contribution in [1.82, 2.24) is 14.3 Å². The molecule has 0 bridgehead atoms. The summed E-state index contributed by atoms with van der Waals surface area (Å²) in [6.45, 7) is 3.96. The molecule has 27 heavy (non-hydrogen) atoms. The molecular formula is C14H18Cl2N4O5S2. The number of nitrogens with zero attached hydrogens (tertiary/aromatic N) is 4. The lowest BCUT2D eigenvalue weighted by molar-refractivity contribution is 0.590. The summed E-state index contributed by atoms with van der Waals surface area (Å²) in [5.41, 5.74) is -0.832. The Bertz CT molecular complexity index is 1120. The van der Waals surface area contributed by atoms with Crippen molar-refractivity contribution in [3.63, 3.8) is 0 Å². The van der Waals surface area contributed by atoms with E-state index in [0.29, 0.717) is 18.8 Å². The molecule has 0 aliphatic rings. The summed E-state index contributed by atoms with van der Waals surface area (Å²) in [6, 6.07) is 2.27. The summed E-state index contributed by atoms with van der Waals surface area (Å²) in [6.07, 6.45) is 2.15. The number of rotatable bonds is 6. The fraction of sp³-hybridized carbons (Fsp3) is 0.429. The SMILES string of the molecule is CCCn1c(C)nn(-c2cc(N(S(C)(=O)=O)S(C)(=O)=O)c(Cl)cc2Cl)c1=O. The highest BCUT2D eigenvalue weighted by Gasteiger charge is 2.30. The smallest absolute Gasteiger partial charge is 0.279 e. The maximum atomic E-state index is 12.6. The van der Waals surface area contributed by atoms with Crippen molar-refractivity contribution < 1.29 is 16.8 Å². The zero-order chi connectivity index (χ0) is 20.7. The zero-order valence-electron chi connectivity index (χ0n) is 15.0. The Morgan fingerprint density at radius 1 is 1.07 bits per heavy atom. The maximum Gasteiger partial charge on any atom is 0.350 e. The summed E-state index contributed by atoms with van der Waals surface area (Å²) in [7, 11) is -8.45. The number of aryl methyl sites for hydroxylation is 1. The molecule has 0 saturated heterocycles. The number of sulfonamides is 2. The average Bonchev–Trinajstić information content (AvgIpc) is 2.75. The Morgan fingerprint density at radius 3 is 2.11 bits per heavy atom. The standard InChI is InChI=1S/C14H18Cl2N4O5S2/c1-5-6-18-9(2)17-19(14(18)21)12-8-13(11(16)7-10(12)15)20(26(3,22)23)27(4,24)25/h7-8H,5-6H2,1-4H3. The van der Waals surface area contributed by atoms with Gasteiger partial charge in [-0.15, -0.1) is 0 Å². The molecule has 1 heterocycles. The molecule has 0 N–H and O–H groups in total. The number of halogens is 2. The van der Waals surface area contributed by atoms with Gasteiger partial charge >= 0.3 is 5.69 Å². The molecule has 0 radical (unpaired) electrons. The van der Waals surface area contributed by atoms with Crippen molar-refractivity contribution in [2.24, 2.45) is 0 Å². The predicted octanol–water partition coefficient (Wildman–Crippen LogP) is 1.78. The predicted molar refractivity (Wildman–Crippen MR) is 105 cm³/mol. The number of anilines is 1. The third kappa shape index (κ3) is 4.31. The lowest BCUT2D eigenvalue weighted by atomic mass is 10.3. The van der Waals surface area contributed by atoms with Crippen LogP contribution in [-0.4, -0.2) is 43.7 Å². The van der Waals surface area contributed by atoms with E-state index >= 15 is 0 Å². The summed E-state index contributed by atoms with van der Waals surface area (Å²) >= 11 is 12.2. The largest absolute Gasteiger partial charge is 0.350 e. The molecule has 1 aromatic carbocycles. The maximum absolute atomic E-state index is 12.6. The van der Waals surface area contributed by atoms with Gasteiger partial charge in [0.1, 0.15) is 5.82 Å². The third-order valence-electron chi connectivity index (χ3n) is 3.54. The molecule has 0 unspecified atom stereocenters. The number of benzene rings is 1. The fourth-order valence-electron chi connectivity index (χ4n) is 2.56. The van der Waals surface area contributed by atoms with Crippen LogP contribution < -0.4 is 9.40 Å². The monoisotopic (exact) mass is 456 g/mol. The van der Waals surface area contributed by atoms with E-state index in [1.807, 2.05) is 6.92 Å². The van der Waals surface area contributed by atoms with Crippen molar-refractivity contribution in [2.45, 2.75) is 26.8 Å². The Hall–Kier alpha value is -1.56. The van der Waals surface area contributed by atoms with E-state index in [-0.39, 0.29) is 25.1 Å². The molecular weight excluding hydrogens is 439 g/mol. The van der Waals surface area contributed by atoms with E-state index in [9.17, 15) is 21.6 Å². The first-order valence-electron chi connectivity index (χ1n) is 7.65. The molecule has 2 aromatic rings. The van der Waals surface area contributed by atoms with Gasteiger partial charge in [-0.3, -0.25) is 4.57 Å². The van der Waals surface area contributed by atoms with E-state index in [2.05, 4.69) is 5.10 Å². The van der Waals surface area contributed by atoms with Gasteiger partial charge in [0.2, 0.25) is 20.0 Å². The molecule has 0 aliphatic carbocycles. The Morgan fingerprint density at radius 2 is 1.63 bits per heavy atom. The normalized spacial score (nSPS) is 12.4. The van der Waals surface area contributed by atoms with Crippen molar-refractivity contribution in [1.29, 1.82) is 0 Å². The van der Waals surface area contributed by atoms with Crippen LogP contribution in [0.4, 0.5) is 5.69 Å². The van der Waals surface area contributed by atoms with Crippen LogP contribution in [0.5, 0.6) is 0 Å². The lowest BCUT2D eigenvalue weighted by Gasteiger charge is -2.21. The molecule has 0 spiro atoms. The van der Waals surface area contributed by atoms with Crippen LogP contribution >= 0.6 is 23.2 Å². The second-order valence-corrected chi connectivity index (χ2v) is 10.6. The average molecular weight is 457 g/mol. The van der Waals surface area contributed by atoms with Crippen molar-refractivity contribution in [2.75, 3.05) is 16.2 Å². The first kappa shape index (κ1) is 21.7. The molecule has 150 valence electrons. The van der Waals surface area contributed by atoms with Crippen molar-refractivity contribution >= 4 is 48.9 Å². The van der Waals surface area contributed by atoms with Gasteiger partial charge in [-0.25, -0.2) is 21.6 Å². The van der Waals surface area contributed by atoms with Crippen molar-refractivity contribution in [3.8, 4) is 5.69 Å².